The van der Waals surface area contributed by atoms with E-state index in [1.54, 1.807) is 12.1 Å². The van der Waals surface area contributed by atoms with Crippen LogP contribution in [0.2, 0.25) is 0 Å². The third kappa shape index (κ3) is 2.38. The highest BCUT2D eigenvalue weighted by Gasteiger charge is 2.58. The lowest BCUT2D eigenvalue weighted by atomic mass is 9.64. The number of phenolic OH excluding ortho intramolecular Hbond substituents is 1. The summed E-state index contributed by atoms with van der Waals surface area (Å²) in [6.45, 7) is 8.07. The van der Waals surface area contributed by atoms with Crippen molar-refractivity contribution >= 4 is 12.3 Å². The molecule has 1 N–H and O–H groups in total. The lowest BCUT2D eigenvalue weighted by Crippen LogP contribution is -2.44. The topological polar surface area (TPSA) is 41.8 Å². The monoisotopic (exact) mass is 347 g/mol. The van der Waals surface area contributed by atoms with Crippen molar-refractivity contribution < 1.29 is 9.84 Å². The first-order valence-corrected chi connectivity index (χ1v) is 9.23. The zero-order valence-corrected chi connectivity index (χ0v) is 15.5. The summed E-state index contributed by atoms with van der Waals surface area (Å²) >= 11 is 0. The van der Waals surface area contributed by atoms with Crippen molar-refractivity contribution in [3.05, 3.63) is 71.2 Å². The molecule has 0 radical (unpaired) electrons. The van der Waals surface area contributed by atoms with Crippen LogP contribution in [0.15, 0.2) is 70.6 Å². The maximum absolute atomic E-state index is 9.53. The summed E-state index contributed by atoms with van der Waals surface area (Å²) in [7, 11) is 0. The molecule has 3 aliphatic rings. The van der Waals surface area contributed by atoms with E-state index >= 15 is 0 Å². The van der Waals surface area contributed by atoms with Crippen LogP contribution < -0.4 is 0 Å². The molecule has 0 aromatic heterocycles. The fourth-order valence-electron chi connectivity index (χ4n) is 4.63. The second-order valence-electron chi connectivity index (χ2n) is 7.65. The Morgan fingerprint density at radius 3 is 2.73 bits per heavy atom. The number of rotatable bonds is 3. The lowest BCUT2D eigenvalue weighted by molar-refractivity contribution is -0.0480. The molecular formula is C23H25NO2. The molecule has 1 aromatic rings. The molecule has 2 aliphatic carbocycles. The van der Waals surface area contributed by atoms with Crippen LogP contribution in [0.4, 0.5) is 0 Å². The van der Waals surface area contributed by atoms with Crippen molar-refractivity contribution in [3.63, 3.8) is 0 Å². The number of fused-ring (bicyclic) bond motifs is 2. The van der Waals surface area contributed by atoms with Gasteiger partial charge in [-0.2, -0.15) is 0 Å². The van der Waals surface area contributed by atoms with E-state index in [9.17, 15) is 5.11 Å². The van der Waals surface area contributed by atoms with Crippen molar-refractivity contribution in [2.75, 3.05) is 0 Å². The van der Waals surface area contributed by atoms with E-state index < -0.39 is 0 Å². The number of aromatic hydroxyl groups is 1. The minimum absolute atomic E-state index is 0.0211. The van der Waals surface area contributed by atoms with Gasteiger partial charge >= 0.3 is 0 Å². The molecule has 1 aromatic carbocycles. The van der Waals surface area contributed by atoms with E-state index in [2.05, 4.69) is 30.8 Å². The maximum Gasteiger partial charge on any atom is 0.141 e. The molecule has 26 heavy (non-hydrogen) atoms. The molecule has 1 aliphatic heterocycles. The second kappa shape index (κ2) is 6.01. The summed E-state index contributed by atoms with van der Waals surface area (Å²) in [6.07, 6.45) is 12.4. The van der Waals surface area contributed by atoms with Gasteiger partial charge in [0.05, 0.1) is 5.70 Å². The standard InChI is InChI=1S/C23H25NO2/c1-4-5-21-20(24-3)15-23(26-21)13-11-18-14-17(10-12-22(18,23)2)16-6-8-19(25)9-7-16/h4-9,11,14,25H,3,10,12-13,15H2,1-2H3. The van der Waals surface area contributed by atoms with E-state index in [1.807, 2.05) is 31.2 Å². The number of hydrogen-bond acceptors (Lipinski definition) is 3. The molecule has 0 fully saturated rings. The van der Waals surface area contributed by atoms with Crippen LogP contribution in [-0.2, 0) is 4.74 Å². The normalized spacial score (nSPS) is 30.4. The van der Waals surface area contributed by atoms with Gasteiger partial charge in [-0.05, 0) is 61.4 Å². The molecule has 3 nitrogen and oxygen atoms in total. The Balaban J connectivity index is 1.65. The van der Waals surface area contributed by atoms with E-state index in [1.165, 1.54) is 16.7 Å². The first-order chi connectivity index (χ1) is 12.5. The minimum atomic E-state index is -0.245. The second-order valence-corrected chi connectivity index (χ2v) is 7.65. The van der Waals surface area contributed by atoms with Gasteiger partial charge in [-0.3, -0.25) is 4.99 Å². The van der Waals surface area contributed by atoms with Crippen LogP contribution >= 0.6 is 0 Å². The molecule has 2 unspecified atom stereocenters. The average Bonchev–Trinajstić information content (AvgIpc) is 3.14. The number of aliphatic imine (C=N–C) groups is 1. The zero-order valence-electron chi connectivity index (χ0n) is 15.5. The van der Waals surface area contributed by atoms with Gasteiger partial charge in [-0.15, -0.1) is 0 Å². The molecule has 0 saturated heterocycles. The van der Waals surface area contributed by atoms with Crippen LogP contribution in [0, 0.1) is 5.41 Å². The highest BCUT2D eigenvalue weighted by atomic mass is 16.5. The van der Waals surface area contributed by atoms with Crippen molar-refractivity contribution in [2.24, 2.45) is 10.4 Å². The Labute approximate surface area is 155 Å². The van der Waals surface area contributed by atoms with Crippen LogP contribution in [0.5, 0.6) is 5.75 Å². The quantitative estimate of drug-likeness (QED) is 0.728. The van der Waals surface area contributed by atoms with Gasteiger partial charge in [0, 0.05) is 18.3 Å². The van der Waals surface area contributed by atoms with Crippen LogP contribution in [0.1, 0.15) is 45.1 Å². The van der Waals surface area contributed by atoms with Gasteiger partial charge in [-0.1, -0.05) is 37.3 Å². The van der Waals surface area contributed by atoms with Gasteiger partial charge in [0.1, 0.15) is 17.1 Å². The van der Waals surface area contributed by atoms with E-state index in [-0.39, 0.29) is 11.0 Å². The van der Waals surface area contributed by atoms with Crippen LogP contribution in [0.25, 0.3) is 5.57 Å². The third-order valence-corrected chi connectivity index (χ3v) is 6.31. The molecule has 4 rings (SSSR count). The predicted molar refractivity (Wildman–Crippen MR) is 106 cm³/mol. The summed E-state index contributed by atoms with van der Waals surface area (Å²) in [5, 5.41) is 9.53. The van der Waals surface area contributed by atoms with Gasteiger partial charge in [0.2, 0.25) is 0 Å². The molecule has 1 heterocycles. The highest BCUT2D eigenvalue weighted by molar-refractivity contribution is 5.71. The predicted octanol–water partition coefficient (Wildman–Crippen LogP) is 5.55. The van der Waals surface area contributed by atoms with Gasteiger partial charge in [-0.25, -0.2) is 0 Å². The lowest BCUT2D eigenvalue weighted by Gasteiger charge is -2.44. The summed E-state index contributed by atoms with van der Waals surface area (Å²) in [5.74, 6) is 1.17. The molecule has 134 valence electrons. The number of ether oxygens (including phenoxy) is 1. The smallest absolute Gasteiger partial charge is 0.141 e. The Morgan fingerprint density at radius 1 is 1.27 bits per heavy atom. The largest absolute Gasteiger partial charge is 0.508 e. The fourth-order valence-corrected chi connectivity index (χ4v) is 4.63. The molecule has 0 bridgehead atoms. The number of benzene rings is 1. The number of allylic oxidation sites excluding steroid dienone is 4. The van der Waals surface area contributed by atoms with E-state index in [4.69, 9.17) is 4.74 Å². The molecule has 0 saturated carbocycles. The molecule has 3 heteroatoms. The molecular weight excluding hydrogens is 322 g/mol. The zero-order chi connectivity index (χ0) is 18.4. The van der Waals surface area contributed by atoms with Crippen molar-refractivity contribution in [1.82, 2.24) is 0 Å². The average molecular weight is 347 g/mol. The molecule has 0 amide bonds. The van der Waals surface area contributed by atoms with Gasteiger partial charge < -0.3 is 9.84 Å². The number of nitrogens with zero attached hydrogens (tertiary/aromatic N) is 1. The summed E-state index contributed by atoms with van der Waals surface area (Å²) in [5.41, 5.74) is 4.56. The van der Waals surface area contributed by atoms with Crippen molar-refractivity contribution in [3.8, 4) is 5.75 Å². The maximum atomic E-state index is 9.53. The number of phenols is 1. The molecule has 2 atom stereocenters. The first kappa shape index (κ1) is 16.9. The fraction of sp³-hybridized carbons (Fsp3) is 0.348. The van der Waals surface area contributed by atoms with Crippen LogP contribution in [-0.4, -0.2) is 17.4 Å². The Hall–Kier alpha value is -2.55. The highest BCUT2D eigenvalue weighted by Crippen LogP contribution is 2.61. The van der Waals surface area contributed by atoms with Crippen LogP contribution in [0.3, 0.4) is 0 Å². The Kier molecular flexibility index (Phi) is 3.91. The van der Waals surface area contributed by atoms with Gasteiger partial charge in [0.25, 0.3) is 0 Å². The van der Waals surface area contributed by atoms with Crippen molar-refractivity contribution in [2.45, 2.75) is 45.1 Å². The number of hydrogen-bond donors (Lipinski definition) is 1. The molecule has 1 spiro atoms. The third-order valence-electron chi connectivity index (χ3n) is 6.31. The SMILES string of the molecule is C=NC1=C(C=CC)OC2(CC=C3C=C(c4ccc(O)cc4)CCC32C)C1. The summed E-state index contributed by atoms with van der Waals surface area (Å²) < 4.78 is 6.53. The Morgan fingerprint density at radius 2 is 2.04 bits per heavy atom. The van der Waals surface area contributed by atoms with E-state index in [0.29, 0.717) is 5.75 Å². The summed E-state index contributed by atoms with van der Waals surface area (Å²) in [6, 6.07) is 7.49. The first-order valence-electron chi connectivity index (χ1n) is 9.23. The van der Waals surface area contributed by atoms with E-state index in [0.717, 1.165) is 37.1 Å². The minimum Gasteiger partial charge on any atom is -0.508 e. The summed E-state index contributed by atoms with van der Waals surface area (Å²) in [4.78, 5) is 4.24. The van der Waals surface area contributed by atoms with Gasteiger partial charge in [0.15, 0.2) is 0 Å². The Bertz CT molecular complexity index is 872. The van der Waals surface area contributed by atoms with Crippen molar-refractivity contribution in [1.29, 1.82) is 0 Å².